The van der Waals surface area contributed by atoms with Gasteiger partial charge in [0.05, 0.1) is 12.8 Å². The molecule has 6 heteroatoms. The van der Waals surface area contributed by atoms with Gasteiger partial charge in [-0.2, -0.15) is 0 Å². The van der Waals surface area contributed by atoms with E-state index in [9.17, 15) is 4.79 Å². The first-order chi connectivity index (χ1) is 13.7. The van der Waals surface area contributed by atoms with Crippen molar-refractivity contribution < 1.29 is 4.74 Å². The average Bonchev–Trinajstić information content (AvgIpc) is 2.74. The molecule has 144 valence electrons. The number of rotatable bonds is 5. The maximum Gasteiger partial charge on any atom is 0.251 e. The first-order valence-electron chi connectivity index (χ1n) is 9.60. The van der Waals surface area contributed by atoms with E-state index in [0.717, 1.165) is 43.9 Å². The van der Waals surface area contributed by atoms with Crippen molar-refractivity contribution in [2.45, 2.75) is 25.3 Å². The van der Waals surface area contributed by atoms with Crippen LogP contribution < -0.4 is 10.3 Å². The highest BCUT2D eigenvalue weighted by Gasteiger charge is 2.24. The van der Waals surface area contributed by atoms with Crippen molar-refractivity contribution in [3.63, 3.8) is 0 Å². The van der Waals surface area contributed by atoms with E-state index < -0.39 is 0 Å². The monoisotopic (exact) mass is 376 g/mol. The fourth-order valence-electron chi connectivity index (χ4n) is 3.82. The lowest BCUT2D eigenvalue weighted by Gasteiger charge is -2.32. The van der Waals surface area contributed by atoms with Crippen LogP contribution in [0, 0.1) is 0 Å². The van der Waals surface area contributed by atoms with Crippen molar-refractivity contribution in [1.29, 1.82) is 0 Å². The second-order valence-corrected chi connectivity index (χ2v) is 7.12. The van der Waals surface area contributed by atoms with Crippen LogP contribution in [0.5, 0.6) is 5.75 Å². The Morgan fingerprint density at radius 3 is 2.89 bits per heavy atom. The Morgan fingerprint density at radius 1 is 1.21 bits per heavy atom. The van der Waals surface area contributed by atoms with Crippen molar-refractivity contribution in [3.05, 3.63) is 76.3 Å². The molecule has 1 aromatic carbocycles. The van der Waals surface area contributed by atoms with Crippen LogP contribution in [-0.4, -0.2) is 40.1 Å². The summed E-state index contributed by atoms with van der Waals surface area (Å²) in [5, 5.41) is 0. The SMILES string of the molecule is COc1ccccc1CN1CCCC(c2cc(=O)[nH]c(-c3ccccn3)n2)C1. The number of hydrogen-bond donors (Lipinski definition) is 1. The lowest BCUT2D eigenvalue weighted by molar-refractivity contribution is 0.196. The van der Waals surface area contributed by atoms with Crippen LogP contribution >= 0.6 is 0 Å². The molecule has 1 aliphatic rings. The van der Waals surface area contributed by atoms with Gasteiger partial charge in [0, 0.05) is 36.8 Å². The van der Waals surface area contributed by atoms with Crippen molar-refractivity contribution in [1.82, 2.24) is 19.9 Å². The summed E-state index contributed by atoms with van der Waals surface area (Å²) in [5.41, 5.74) is 2.57. The summed E-state index contributed by atoms with van der Waals surface area (Å²) in [6.07, 6.45) is 3.81. The van der Waals surface area contributed by atoms with Gasteiger partial charge in [0.15, 0.2) is 5.82 Å². The van der Waals surface area contributed by atoms with Gasteiger partial charge in [0.1, 0.15) is 11.4 Å². The van der Waals surface area contributed by atoms with Gasteiger partial charge in [0.2, 0.25) is 0 Å². The predicted molar refractivity (Wildman–Crippen MR) is 108 cm³/mol. The van der Waals surface area contributed by atoms with Crippen molar-refractivity contribution in [2.75, 3.05) is 20.2 Å². The van der Waals surface area contributed by atoms with Gasteiger partial charge in [0.25, 0.3) is 5.56 Å². The minimum absolute atomic E-state index is 0.132. The number of likely N-dealkylation sites (tertiary alicyclic amines) is 1. The lowest BCUT2D eigenvalue weighted by Crippen LogP contribution is -2.34. The van der Waals surface area contributed by atoms with Crippen LogP contribution in [0.4, 0.5) is 0 Å². The maximum absolute atomic E-state index is 12.2. The maximum atomic E-state index is 12.2. The minimum Gasteiger partial charge on any atom is -0.496 e. The van der Waals surface area contributed by atoms with E-state index in [2.05, 4.69) is 20.9 Å². The Hall–Kier alpha value is -2.99. The number of para-hydroxylation sites is 1. The lowest BCUT2D eigenvalue weighted by atomic mass is 9.94. The number of nitrogens with zero attached hydrogens (tertiary/aromatic N) is 3. The molecule has 6 nitrogen and oxygen atoms in total. The minimum atomic E-state index is -0.132. The standard InChI is InChI=1S/C22H24N4O2/c1-28-20-10-3-2-7-17(20)15-26-12-6-8-16(14-26)19-13-21(27)25-22(24-19)18-9-4-5-11-23-18/h2-5,7,9-11,13,16H,6,8,12,14-15H2,1H3,(H,24,25,27). The summed E-state index contributed by atoms with van der Waals surface area (Å²) in [5.74, 6) is 1.68. The molecule has 1 fully saturated rings. The largest absolute Gasteiger partial charge is 0.496 e. The molecule has 0 radical (unpaired) electrons. The molecule has 3 heterocycles. The van der Waals surface area contributed by atoms with E-state index in [1.54, 1.807) is 19.4 Å². The second kappa shape index (κ2) is 8.35. The zero-order valence-corrected chi connectivity index (χ0v) is 16.0. The topological polar surface area (TPSA) is 71.1 Å². The molecule has 0 amide bonds. The van der Waals surface area contributed by atoms with Crippen LogP contribution in [-0.2, 0) is 6.54 Å². The smallest absolute Gasteiger partial charge is 0.251 e. The predicted octanol–water partition coefficient (Wildman–Crippen LogP) is 3.22. The second-order valence-electron chi connectivity index (χ2n) is 7.12. The average molecular weight is 376 g/mol. The number of aromatic nitrogens is 3. The molecular formula is C22H24N4O2. The van der Waals surface area contributed by atoms with Gasteiger partial charge >= 0.3 is 0 Å². The van der Waals surface area contributed by atoms with Gasteiger partial charge in [-0.3, -0.25) is 14.7 Å². The number of H-pyrrole nitrogens is 1. The highest BCUT2D eigenvalue weighted by atomic mass is 16.5. The zero-order valence-electron chi connectivity index (χ0n) is 16.0. The Kier molecular flexibility index (Phi) is 5.48. The molecule has 1 atom stereocenters. The van der Waals surface area contributed by atoms with E-state index in [1.807, 2.05) is 36.4 Å². The number of benzene rings is 1. The Balaban J connectivity index is 1.55. The number of ether oxygens (including phenoxy) is 1. The molecule has 3 aromatic rings. The van der Waals surface area contributed by atoms with E-state index in [-0.39, 0.29) is 11.5 Å². The molecule has 0 saturated carbocycles. The van der Waals surface area contributed by atoms with Crippen molar-refractivity contribution in [2.24, 2.45) is 0 Å². The molecule has 1 aliphatic heterocycles. The first-order valence-corrected chi connectivity index (χ1v) is 9.60. The molecule has 1 N–H and O–H groups in total. The van der Waals surface area contributed by atoms with E-state index in [0.29, 0.717) is 11.5 Å². The summed E-state index contributed by atoms with van der Waals surface area (Å²) in [4.78, 5) is 26.5. The van der Waals surface area contributed by atoms with Crippen molar-refractivity contribution >= 4 is 0 Å². The summed E-state index contributed by atoms with van der Waals surface area (Å²) in [6.45, 7) is 2.73. The molecule has 0 spiro atoms. The molecule has 1 saturated heterocycles. The highest BCUT2D eigenvalue weighted by Crippen LogP contribution is 2.28. The number of piperidine rings is 1. The summed E-state index contributed by atoms with van der Waals surface area (Å²) in [7, 11) is 1.71. The molecule has 0 aliphatic carbocycles. The molecule has 1 unspecified atom stereocenters. The van der Waals surface area contributed by atoms with Gasteiger partial charge in [-0.25, -0.2) is 4.98 Å². The molecular weight excluding hydrogens is 352 g/mol. The van der Waals surface area contributed by atoms with Gasteiger partial charge in [-0.05, 0) is 37.6 Å². The fraction of sp³-hybridized carbons (Fsp3) is 0.318. The van der Waals surface area contributed by atoms with Crippen molar-refractivity contribution in [3.8, 4) is 17.3 Å². The molecule has 4 rings (SSSR count). The summed E-state index contributed by atoms with van der Waals surface area (Å²) >= 11 is 0. The third-order valence-corrected chi connectivity index (χ3v) is 5.18. The molecule has 28 heavy (non-hydrogen) atoms. The quantitative estimate of drug-likeness (QED) is 0.740. The Labute approximate surface area is 164 Å². The molecule has 0 bridgehead atoms. The first kappa shape index (κ1) is 18.4. The third-order valence-electron chi connectivity index (χ3n) is 5.18. The number of pyridine rings is 1. The zero-order chi connectivity index (χ0) is 19.3. The van der Waals surface area contributed by atoms with Crippen LogP contribution in [0.15, 0.2) is 59.5 Å². The van der Waals surface area contributed by atoms with Gasteiger partial charge < -0.3 is 9.72 Å². The van der Waals surface area contributed by atoms with E-state index in [1.165, 1.54) is 5.56 Å². The normalized spacial score (nSPS) is 17.4. The van der Waals surface area contributed by atoms with E-state index >= 15 is 0 Å². The van der Waals surface area contributed by atoms with E-state index in [4.69, 9.17) is 9.72 Å². The number of nitrogens with one attached hydrogen (secondary N) is 1. The van der Waals surface area contributed by atoms with Gasteiger partial charge in [-0.1, -0.05) is 24.3 Å². The van der Waals surface area contributed by atoms with Crippen LogP contribution in [0.25, 0.3) is 11.5 Å². The molecule has 2 aromatic heterocycles. The number of hydrogen-bond acceptors (Lipinski definition) is 5. The fourth-order valence-corrected chi connectivity index (χ4v) is 3.82. The van der Waals surface area contributed by atoms with Crippen LogP contribution in [0.2, 0.25) is 0 Å². The highest BCUT2D eigenvalue weighted by molar-refractivity contribution is 5.48. The van der Waals surface area contributed by atoms with Crippen LogP contribution in [0.3, 0.4) is 0 Å². The Bertz CT molecular complexity index is 987. The number of methoxy groups -OCH3 is 1. The van der Waals surface area contributed by atoms with Gasteiger partial charge in [-0.15, -0.1) is 0 Å². The third kappa shape index (κ3) is 4.12. The summed E-state index contributed by atoms with van der Waals surface area (Å²) in [6, 6.07) is 15.4. The summed E-state index contributed by atoms with van der Waals surface area (Å²) < 4.78 is 5.49. The van der Waals surface area contributed by atoms with Crippen LogP contribution in [0.1, 0.15) is 30.0 Å². The number of aromatic amines is 1. The Morgan fingerprint density at radius 2 is 2.07 bits per heavy atom.